The van der Waals surface area contributed by atoms with Gasteiger partial charge in [-0.1, -0.05) is 42.5 Å². The van der Waals surface area contributed by atoms with Gasteiger partial charge >= 0.3 is 0 Å². The number of pyridine rings is 1. The summed E-state index contributed by atoms with van der Waals surface area (Å²) in [6.07, 6.45) is 1.83. The van der Waals surface area contributed by atoms with Crippen LogP contribution in [0.15, 0.2) is 91.1 Å². The van der Waals surface area contributed by atoms with E-state index in [9.17, 15) is 0 Å². The first kappa shape index (κ1) is 14.7. The second-order valence-corrected chi connectivity index (χ2v) is 6.39. The number of nitrogens with zero attached hydrogens (tertiary/aromatic N) is 2. The normalized spacial score (nSPS) is 11.2. The maximum Gasteiger partial charge on any atom is 0.123 e. The highest BCUT2D eigenvalue weighted by Crippen LogP contribution is 2.34. The Kier molecular flexibility index (Phi) is 3.25. The van der Waals surface area contributed by atoms with Gasteiger partial charge in [0.15, 0.2) is 0 Å². The molecule has 0 saturated heterocycles. The largest absolute Gasteiger partial charge is 0.384 e. The molecule has 3 nitrogen and oxygen atoms in total. The minimum atomic E-state index is 0.538. The van der Waals surface area contributed by atoms with Crippen LogP contribution >= 0.6 is 0 Å². The van der Waals surface area contributed by atoms with Gasteiger partial charge in [0, 0.05) is 28.2 Å². The summed E-state index contributed by atoms with van der Waals surface area (Å²) in [6.45, 7) is 0. The van der Waals surface area contributed by atoms with Gasteiger partial charge in [0.1, 0.15) is 5.82 Å². The third kappa shape index (κ3) is 2.25. The molecular weight excluding hydrogens is 318 g/mol. The van der Waals surface area contributed by atoms with Crippen molar-refractivity contribution in [1.29, 1.82) is 0 Å². The van der Waals surface area contributed by atoms with Gasteiger partial charge in [-0.25, -0.2) is 4.98 Å². The van der Waals surface area contributed by atoms with Gasteiger partial charge in [-0.3, -0.25) is 0 Å². The van der Waals surface area contributed by atoms with Crippen molar-refractivity contribution in [3.05, 3.63) is 91.1 Å². The number of nitrogens with two attached hydrogens (primary N) is 1. The number of benzene rings is 3. The molecule has 2 heterocycles. The van der Waals surface area contributed by atoms with Crippen LogP contribution in [0.2, 0.25) is 0 Å². The van der Waals surface area contributed by atoms with E-state index >= 15 is 0 Å². The van der Waals surface area contributed by atoms with Gasteiger partial charge in [-0.05, 0) is 48.0 Å². The predicted molar refractivity (Wildman–Crippen MR) is 108 cm³/mol. The molecule has 0 saturated carbocycles. The number of aromatic nitrogens is 2. The first-order valence-corrected chi connectivity index (χ1v) is 8.62. The lowest BCUT2D eigenvalue weighted by Gasteiger charge is -2.08. The lowest BCUT2D eigenvalue weighted by molar-refractivity contribution is 1.18. The molecule has 0 unspecified atom stereocenters. The Labute approximate surface area is 151 Å². The summed E-state index contributed by atoms with van der Waals surface area (Å²) in [6, 6.07) is 29.4. The third-order valence-electron chi connectivity index (χ3n) is 4.81. The fourth-order valence-electron chi connectivity index (χ4n) is 3.58. The van der Waals surface area contributed by atoms with Crippen molar-refractivity contribution >= 4 is 27.6 Å². The van der Waals surface area contributed by atoms with E-state index in [4.69, 9.17) is 5.73 Å². The van der Waals surface area contributed by atoms with E-state index in [0.717, 1.165) is 11.1 Å². The average Bonchev–Trinajstić information content (AvgIpc) is 3.03. The summed E-state index contributed by atoms with van der Waals surface area (Å²) in [4.78, 5) is 4.22. The summed E-state index contributed by atoms with van der Waals surface area (Å²) in [5.74, 6) is 0.538. The van der Waals surface area contributed by atoms with Crippen LogP contribution in [-0.2, 0) is 0 Å². The highest BCUT2D eigenvalue weighted by Gasteiger charge is 2.12. The lowest BCUT2D eigenvalue weighted by Crippen LogP contribution is -1.93. The second kappa shape index (κ2) is 5.74. The van der Waals surface area contributed by atoms with Crippen LogP contribution in [0, 0.1) is 0 Å². The zero-order valence-corrected chi connectivity index (χ0v) is 14.1. The summed E-state index contributed by atoms with van der Waals surface area (Å²) < 4.78 is 2.32. The Morgan fingerprint density at radius 1 is 0.654 bits per heavy atom. The van der Waals surface area contributed by atoms with Crippen molar-refractivity contribution < 1.29 is 0 Å². The molecule has 3 aromatic carbocycles. The van der Waals surface area contributed by atoms with Gasteiger partial charge in [-0.2, -0.15) is 0 Å². The van der Waals surface area contributed by atoms with Gasteiger partial charge < -0.3 is 10.3 Å². The van der Waals surface area contributed by atoms with Crippen molar-refractivity contribution in [2.75, 3.05) is 5.73 Å². The van der Waals surface area contributed by atoms with E-state index in [2.05, 4.69) is 76.3 Å². The second-order valence-electron chi connectivity index (χ2n) is 6.39. The smallest absolute Gasteiger partial charge is 0.123 e. The highest BCUT2D eigenvalue weighted by atomic mass is 15.0. The van der Waals surface area contributed by atoms with E-state index in [1.54, 1.807) is 0 Å². The number of fused-ring (bicyclic) bond motifs is 3. The fourth-order valence-corrected chi connectivity index (χ4v) is 3.58. The van der Waals surface area contributed by atoms with E-state index in [1.165, 1.54) is 27.5 Å². The maximum atomic E-state index is 5.72. The predicted octanol–water partition coefficient (Wildman–Crippen LogP) is 5.43. The zero-order chi connectivity index (χ0) is 17.5. The monoisotopic (exact) mass is 335 g/mol. The van der Waals surface area contributed by atoms with Crippen molar-refractivity contribution in [2.24, 2.45) is 0 Å². The Morgan fingerprint density at radius 3 is 2.19 bits per heavy atom. The molecule has 0 spiro atoms. The molecule has 2 N–H and O–H groups in total. The molecule has 0 amide bonds. The minimum absolute atomic E-state index is 0.538. The molecular formula is C23H17N3. The molecule has 0 aliphatic rings. The minimum Gasteiger partial charge on any atom is -0.384 e. The van der Waals surface area contributed by atoms with E-state index in [0.29, 0.717) is 5.82 Å². The summed E-state index contributed by atoms with van der Waals surface area (Å²) in [5.41, 5.74) is 11.5. The standard InChI is InChI=1S/C23H17N3/c24-23-13-11-17(15-25-23)16-10-12-22-20(14-16)19-8-4-5-9-21(19)26(22)18-6-2-1-3-7-18/h1-15H,(H2,24,25). The molecule has 0 atom stereocenters. The van der Waals surface area contributed by atoms with Crippen LogP contribution in [-0.4, -0.2) is 9.55 Å². The molecule has 0 radical (unpaired) electrons. The van der Waals surface area contributed by atoms with E-state index < -0.39 is 0 Å². The first-order chi connectivity index (χ1) is 12.8. The number of hydrogen-bond donors (Lipinski definition) is 1. The molecule has 124 valence electrons. The quantitative estimate of drug-likeness (QED) is 0.467. The molecule has 0 aliphatic heterocycles. The topological polar surface area (TPSA) is 43.8 Å². The lowest BCUT2D eigenvalue weighted by atomic mass is 10.0. The summed E-state index contributed by atoms with van der Waals surface area (Å²) in [7, 11) is 0. The van der Waals surface area contributed by atoms with Crippen LogP contribution in [0.25, 0.3) is 38.6 Å². The number of nitrogen functional groups attached to an aromatic ring is 1. The van der Waals surface area contributed by atoms with Crippen LogP contribution in [0.3, 0.4) is 0 Å². The molecule has 5 aromatic rings. The van der Waals surface area contributed by atoms with Crippen LogP contribution in [0.1, 0.15) is 0 Å². The van der Waals surface area contributed by atoms with Crippen LogP contribution < -0.4 is 5.73 Å². The maximum absolute atomic E-state index is 5.72. The van der Waals surface area contributed by atoms with Crippen molar-refractivity contribution in [3.63, 3.8) is 0 Å². The van der Waals surface area contributed by atoms with Gasteiger partial charge in [-0.15, -0.1) is 0 Å². The molecule has 3 heteroatoms. The Hall–Kier alpha value is -3.59. The van der Waals surface area contributed by atoms with Gasteiger partial charge in [0.25, 0.3) is 0 Å². The number of hydrogen-bond acceptors (Lipinski definition) is 2. The van der Waals surface area contributed by atoms with Crippen LogP contribution in [0.5, 0.6) is 0 Å². The van der Waals surface area contributed by atoms with Gasteiger partial charge in [0.2, 0.25) is 0 Å². The Balaban J connectivity index is 1.82. The fraction of sp³-hybridized carbons (Fsp3) is 0. The third-order valence-corrected chi connectivity index (χ3v) is 4.81. The van der Waals surface area contributed by atoms with Crippen molar-refractivity contribution in [2.45, 2.75) is 0 Å². The molecule has 2 aromatic heterocycles. The molecule has 0 aliphatic carbocycles. The van der Waals surface area contributed by atoms with E-state index in [1.807, 2.05) is 24.4 Å². The van der Waals surface area contributed by atoms with Gasteiger partial charge in [0.05, 0.1) is 11.0 Å². The number of para-hydroxylation sites is 2. The molecule has 0 fully saturated rings. The van der Waals surface area contributed by atoms with Crippen molar-refractivity contribution in [1.82, 2.24) is 9.55 Å². The average molecular weight is 335 g/mol. The Bertz CT molecular complexity index is 1220. The SMILES string of the molecule is Nc1ccc(-c2ccc3c(c2)c2ccccc2n3-c2ccccc2)cn1. The summed E-state index contributed by atoms with van der Waals surface area (Å²) in [5, 5.41) is 2.48. The molecule has 0 bridgehead atoms. The van der Waals surface area contributed by atoms with Crippen molar-refractivity contribution in [3.8, 4) is 16.8 Å². The zero-order valence-electron chi connectivity index (χ0n) is 14.1. The van der Waals surface area contributed by atoms with Crippen LogP contribution in [0.4, 0.5) is 5.82 Å². The first-order valence-electron chi connectivity index (χ1n) is 8.62. The summed E-state index contributed by atoms with van der Waals surface area (Å²) >= 11 is 0. The molecule has 5 rings (SSSR count). The van der Waals surface area contributed by atoms with E-state index in [-0.39, 0.29) is 0 Å². The Morgan fingerprint density at radius 2 is 1.38 bits per heavy atom. The number of rotatable bonds is 2. The number of anilines is 1. The highest BCUT2D eigenvalue weighted by molar-refractivity contribution is 6.10. The molecule has 26 heavy (non-hydrogen) atoms.